The average Bonchev–Trinajstić information content (AvgIpc) is 2.40. The first-order valence-electron chi connectivity index (χ1n) is 7.17. The first-order chi connectivity index (χ1) is 8.68. The third-order valence-electron chi connectivity index (χ3n) is 4.22. The summed E-state index contributed by atoms with van der Waals surface area (Å²) in [4.78, 5) is 0. The molecular formula is C16H25NO. The molecule has 2 rings (SSSR count). The lowest BCUT2D eigenvalue weighted by Gasteiger charge is -2.36. The Morgan fingerprint density at radius 3 is 2.67 bits per heavy atom. The summed E-state index contributed by atoms with van der Waals surface area (Å²) in [6, 6.07) is 9.10. The minimum atomic E-state index is -0.600. The standard InChI is InChI=1S/C16H25NO/c1-3-5-13-6-4-7-14(12-13)16(18)10-8-15(17-2)9-11-16/h4,6-7,12,15,17-18H,3,5,8-11H2,1-2H3. The van der Waals surface area contributed by atoms with Crippen LogP contribution in [-0.4, -0.2) is 18.2 Å². The van der Waals surface area contributed by atoms with Gasteiger partial charge in [-0.25, -0.2) is 0 Å². The van der Waals surface area contributed by atoms with Crippen LogP contribution >= 0.6 is 0 Å². The molecule has 1 aliphatic rings. The number of aliphatic hydroxyl groups is 1. The molecule has 1 saturated carbocycles. The lowest BCUT2D eigenvalue weighted by molar-refractivity contribution is -0.00769. The minimum absolute atomic E-state index is 0.573. The van der Waals surface area contributed by atoms with Crippen molar-refractivity contribution >= 4 is 0 Å². The maximum Gasteiger partial charge on any atom is 0.0897 e. The van der Waals surface area contributed by atoms with Gasteiger partial charge in [0, 0.05) is 6.04 Å². The molecule has 0 amide bonds. The Kier molecular flexibility index (Phi) is 4.41. The Balaban J connectivity index is 2.12. The van der Waals surface area contributed by atoms with Crippen LogP contribution in [0.15, 0.2) is 24.3 Å². The fraction of sp³-hybridized carbons (Fsp3) is 0.625. The van der Waals surface area contributed by atoms with Gasteiger partial charge in [0.15, 0.2) is 0 Å². The summed E-state index contributed by atoms with van der Waals surface area (Å²) in [5, 5.41) is 14.1. The molecule has 0 bridgehead atoms. The van der Waals surface area contributed by atoms with Gasteiger partial charge in [-0.05, 0) is 50.3 Å². The fourth-order valence-electron chi connectivity index (χ4n) is 2.98. The average molecular weight is 247 g/mol. The molecule has 0 spiro atoms. The van der Waals surface area contributed by atoms with E-state index in [0.29, 0.717) is 6.04 Å². The molecule has 2 N–H and O–H groups in total. The number of hydrogen-bond acceptors (Lipinski definition) is 2. The zero-order valence-electron chi connectivity index (χ0n) is 11.6. The Hall–Kier alpha value is -0.860. The third-order valence-corrected chi connectivity index (χ3v) is 4.22. The molecule has 18 heavy (non-hydrogen) atoms. The van der Waals surface area contributed by atoms with E-state index in [1.165, 1.54) is 5.56 Å². The second-order valence-electron chi connectivity index (χ2n) is 5.54. The molecule has 0 radical (unpaired) electrons. The summed E-state index contributed by atoms with van der Waals surface area (Å²) < 4.78 is 0. The van der Waals surface area contributed by atoms with Gasteiger partial charge >= 0.3 is 0 Å². The van der Waals surface area contributed by atoms with Crippen LogP contribution in [0.1, 0.15) is 50.2 Å². The second-order valence-corrected chi connectivity index (χ2v) is 5.54. The van der Waals surface area contributed by atoms with Crippen molar-refractivity contribution in [1.82, 2.24) is 5.32 Å². The predicted octanol–water partition coefficient (Wildman–Crippen LogP) is 2.99. The molecule has 0 saturated heterocycles. The van der Waals surface area contributed by atoms with E-state index in [1.54, 1.807) is 0 Å². The van der Waals surface area contributed by atoms with Gasteiger partial charge in [-0.3, -0.25) is 0 Å². The number of nitrogens with one attached hydrogen (secondary N) is 1. The highest BCUT2D eigenvalue weighted by molar-refractivity contribution is 5.29. The smallest absolute Gasteiger partial charge is 0.0897 e. The molecule has 100 valence electrons. The van der Waals surface area contributed by atoms with Crippen LogP contribution in [0.2, 0.25) is 0 Å². The van der Waals surface area contributed by atoms with Crippen LogP contribution in [-0.2, 0) is 12.0 Å². The van der Waals surface area contributed by atoms with Crippen molar-refractivity contribution in [3.8, 4) is 0 Å². The number of aryl methyl sites for hydroxylation is 1. The van der Waals surface area contributed by atoms with Gasteiger partial charge in [-0.15, -0.1) is 0 Å². The minimum Gasteiger partial charge on any atom is -0.385 e. The molecule has 1 aliphatic carbocycles. The van der Waals surface area contributed by atoms with E-state index < -0.39 is 5.60 Å². The molecule has 2 heteroatoms. The van der Waals surface area contributed by atoms with Crippen molar-refractivity contribution in [1.29, 1.82) is 0 Å². The van der Waals surface area contributed by atoms with Crippen molar-refractivity contribution in [2.24, 2.45) is 0 Å². The summed E-state index contributed by atoms with van der Waals surface area (Å²) >= 11 is 0. The SMILES string of the molecule is CCCc1cccc(C2(O)CCC(NC)CC2)c1. The largest absolute Gasteiger partial charge is 0.385 e. The van der Waals surface area contributed by atoms with Crippen molar-refractivity contribution in [2.45, 2.75) is 57.1 Å². The predicted molar refractivity (Wildman–Crippen MR) is 75.6 cm³/mol. The highest BCUT2D eigenvalue weighted by Crippen LogP contribution is 2.37. The number of benzene rings is 1. The summed E-state index contributed by atoms with van der Waals surface area (Å²) in [6.45, 7) is 2.19. The molecule has 1 fully saturated rings. The molecule has 1 aromatic rings. The first kappa shape index (κ1) is 13.6. The second kappa shape index (κ2) is 5.85. The quantitative estimate of drug-likeness (QED) is 0.857. The van der Waals surface area contributed by atoms with Crippen molar-refractivity contribution in [2.75, 3.05) is 7.05 Å². The van der Waals surface area contributed by atoms with Crippen LogP contribution in [0.3, 0.4) is 0 Å². The van der Waals surface area contributed by atoms with Gasteiger partial charge in [0.2, 0.25) is 0 Å². The van der Waals surface area contributed by atoms with Crippen molar-refractivity contribution in [3.05, 3.63) is 35.4 Å². The Morgan fingerprint density at radius 2 is 2.06 bits per heavy atom. The summed E-state index contributed by atoms with van der Waals surface area (Å²) in [7, 11) is 2.01. The Labute approximate surface area is 110 Å². The molecule has 1 aromatic carbocycles. The molecule has 0 heterocycles. The van der Waals surface area contributed by atoms with Crippen molar-refractivity contribution in [3.63, 3.8) is 0 Å². The monoisotopic (exact) mass is 247 g/mol. The van der Waals surface area contributed by atoms with E-state index >= 15 is 0 Å². The van der Waals surface area contributed by atoms with E-state index in [9.17, 15) is 5.11 Å². The summed E-state index contributed by atoms with van der Waals surface area (Å²) in [6.07, 6.45) is 6.12. The first-order valence-corrected chi connectivity index (χ1v) is 7.17. The van der Waals surface area contributed by atoms with Gasteiger partial charge in [-0.2, -0.15) is 0 Å². The maximum absolute atomic E-state index is 10.8. The molecule has 0 aromatic heterocycles. The van der Waals surface area contributed by atoms with Crippen LogP contribution in [0.25, 0.3) is 0 Å². The zero-order chi connectivity index (χ0) is 13.0. The van der Waals surface area contributed by atoms with E-state index in [1.807, 2.05) is 7.05 Å². The Morgan fingerprint density at radius 1 is 1.33 bits per heavy atom. The van der Waals surface area contributed by atoms with E-state index in [2.05, 4.69) is 36.5 Å². The van der Waals surface area contributed by atoms with Crippen LogP contribution in [0.4, 0.5) is 0 Å². The van der Waals surface area contributed by atoms with Crippen molar-refractivity contribution < 1.29 is 5.11 Å². The lowest BCUT2D eigenvalue weighted by atomic mass is 9.77. The zero-order valence-corrected chi connectivity index (χ0v) is 11.6. The van der Waals surface area contributed by atoms with Crippen LogP contribution < -0.4 is 5.32 Å². The van der Waals surface area contributed by atoms with Gasteiger partial charge in [0.1, 0.15) is 0 Å². The highest BCUT2D eigenvalue weighted by Gasteiger charge is 2.34. The number of hydrogen-bond donors (Lipinski definition) is 2. The Bertz CT molecular complexity index is 380. The van der Waals surface area contributed by atoms with Gasteiger partial charge < -0.3 is 10.4 Å². The van der Waals surface area contributed by atoms with Gasteiger partial charge in [0.05, 0.1) is 5.60 Å². The normalized spacial score (nSPS) is 28.3. The molecule has 0 atom stereocenters. The van der Waals surface area contributed by atoms with E-state index in [4.69, 9.17) is 0 Å². The summed E-state index contributed by atoms with van der Waals surface area (Å²) in [5.74, 6) is 0. The fourth-order valence-corrected chi connectivity index (χ4v) is 2.98. The van der Waals surface area contributed by atoms with E-state index in [-0.39, 0.29) is 0 Å². The highest BCUT2D eigenvalue weighted by atomic mass is 16.3. The van der Waals surface area contributed by atoms with E-state index in [0.717, 1.165) is 44.1 Å². The maximum atomic E-state index is 10.8. The molecule has 2 nitrogen and oxygen atoms in total. The third kappa shape index (κ3) is 2.93. The summed E-state index contributed by atoms with van der Waals surface area (Å²) in [5.41, 5.74) is 1.86. The van der Waals surface area contributed by atoms with Crippen LogP contribution in [0.5, 0.6) is 0 Å². The molecule has 0 unspecified atom stereocenters. The van der Waals surface area contributed by atoms with Crippen LogP contribution in [0, 0.1) is 0 Å². The lowest BCUT2D eigenvalue weighted by Crippen LogP contribution is -2.38. The number of rotatable bonds is 4. The topological polar surface area (TPSA) is 32.3 Å². The molecule has 0 aliphatic heterocycles. The van der Waals surface area contributed by atoms with Gasteiger partial charge in [0.25, 0.3) is 0 Å². The van der Waals surface area contributed by atoms with Gasteiger partial charge in [-0.1, -0.05) is 37.6 Å². The molecular weight excluding hydrogens is 222 g/mol.